The average molecular weight is 490 g/mol. The SMILES string of the molecule is CCOC(=O)CSc1nc2c(sc(=S)n2-c2ccc(Cl)cc2)c(=O)n1-c1ccccc1. The molecule has 4 rings (SSSR count). The third-order valence-electron chi connectivity index (χ3n) is 4.30. The first kappa shape index (κ1) is 21.8. The molecule has 0 bridgehead atoms. The van der Waals surface area contributed by atoms with Gasteiger partial charge in [0, 0.05) is 10.7 Å². The molecule has 158 valence electrons. The molecule has 2 heterocycles. The van der Waals surface area contributed by atoms with Crippen LogP contribution in [0.5, 0.6) is 0 Å². The number of para-hydroxylation sites is 1. The van der Waals surface area contributed by atoms with Gasteiger partial charge in [-0.3, -0.25) is 18.7 Å². The molecular formula is C21H16ClN3O3S3. The van der Waals surface area contributed by atoms with Gasteiger partial charge in [0.05, 0.1) is 18.0 Å². The Balaban J connectivity index is 1.94. The Kier molecular flexibility index (Phi) is 6.57. The number of hydrogen-bond donors (Lipinski definition) is 0. The Morgan fingerprint density at radius 1 is 1.13 bits per heavy atom. The van der Waals surface area contributed by atoms with E-state index in [1.807, 2.05) is 42.5 Å². The molecule has 0 radical (unpaired) electrons. The van der Waals surface area contributed by atoms with Crippen molar-refractivity contribution in [3.63, 3.8) is 0 Å². The van der Waals surface area contributed by atoms with Gasteiger partial charge in [0.1, 0.15) is 4.70 Å². The standard InChI is InChI=1S/C21H16ClN3O3S3/c1-2-28-16(26)12-30-20-23-18-17(19(27)25(20)14-6-4-3-5-7-14)31-21(29)24(18)15-10-8-13(22)9-11-15/h3-11H,2,12H2,1H3. The molecule has 10 heteroatoms. The monoisotopic (exact) mass is 489 g/mol. The van der Waals surface area contributed by atoms with Crippen LogP contribution in [0.4, 0.5) is 0 Å². The van der Waals surface area contributed by atoms with Crippen LogP contribution in [0.25, 0.3) is 21.7 Å². The predicted octanol–water partition coefficient (Wildman–Crippen LogP) is 5.28. The lowest BCUT2D eigenvalue weighted by Crippen LogP contribution is -2.22. The van der Waals surface area contributed by atoms with Gasteiger partial charge in [-0.25, -0.2) is 4.98 Å². The minimum absolute atomic E-state index is 0.0322. The number of fused-ring (bicyclic) bond motifs is 1. The Hall–Kier alpha value is -2.46. The molecule has 0 aliphatic carbocycles. The van der Waals surface area contributed by atoms with Gasteiger partial charge < -0.3 is 4.74 Å². The highest BCUT2D eigenvalue weighted by Gasteiger charge is 2.20. The first-order chi connectivity index (χ1) is 15.0. The minimum atomic E-state index is -0.374. The molecule has 0 aliphatic rings. The van der Waals surface area contributed by atoms with Crippen LogP contribution in [0, 0.1) is 3.95 Å². The van der Waals surface area contributed by atoms with Crippen molar-refractivity contribution in [3.05, 3.63) is 73.9 Å². The van der Waals surface area contributed by atoms with Crippen molar-refractivity contribution >= 4 is 63.2 Å². The maximum absolute atomic E-state index is 13.5. The lowest BCUT2D eigenvalue weighted by molar-refractivity contribution is -0.139. The zero-order chi connectivity index (χ0) is 22.0. The van der Waals surface area contributed by atoms with E-state index in [2.05, 4.69) is 0 Å². The number of esters is 1. The molecule has 0 saturated carbocycles. The van der Waals surface area contributed by atoms with Gasteiger partial charge in [-0.05, 0) is 55.5 Å². The van der Waals surface area contributed by atoms with Crippen molar-refractivity contribution < 1.29 is 9.53 Å². The summed E-state index contributed by atoms with van der Waals surface area (Å²) < 4.78 is 9.21. The van der Waals surface area contributed by atoms with Gasteiger partial charge in [0.2, 0.25) is 0 Å². The lowest BCUT2D eigenvalue weighted by Gasteiger charge is -2.12. The number of ether oxygens (including phenoxy) is 1. The number of halogens is 1. The summed E-state index contributed by atoms with van der Waals surface area (Å²) in [6.45, 7) is 2.04. The van der Waals surface area contributed by atoms with Crippen molar-refractivity contribution in [3.8, 4) is 11.4 Å². The third kappa shape index (κ3) is 4.45. The van der Waals surface area contributed by atoms with E-state index in [4.69, 9.17) is 33.5 Å². The molecule has 0 N–H and O–H groups in total. The number of thiazole rings is 1. The molecule has 0 fully saturated rings. The number of benzene rings is 2. The van der Waals surface area contributed by atoms with E-state index >= 15 is 0 Å². The zero-order valence-electron chi connectivity index (χ0n) is 16.3. The van der Waals surface area contributed by atoms with Gasteiger partial charge in [-0.1, -0.05) is 52.9 Å². The quantitative estimate of drug-likeness (QED) is 0.159. The highest BCUT2D eigenvalue weighted by Crippen LogP contribution is 2.28. The number of carbonyl (C=O) groups is 1. The normalized spacial score (nSPS) is 11.0. The smallest absolute Gasteiger partial charge is 0.316 e. The molecule has 0 unspecified atom stereocenters. The predicted molar refractivity (Wildman–Crippen MR) is 128 cm³/mol. The maximum Gasteiger partial charge on any atom is 0.316 e. The van der Waals surface area contributed by atoms with Crippen molar-refractivity contribution in [1.29, 1.82) is 0 Å². The number of thioether (sulfide) groups is 1. The Bertz CT molecular complexity index is 1360. The van der Waals surface area contributed by atoms with Crippen LogP contribution < -0.4 is 5.56 Å². The fraction of sp³-hybridized carbons (Fsp3) is 0.143. The van der Waals surface area contributed by atoms with Crippen LogP contribution >= 0.6 is 46.9 Å². The van der Waals surface area contributed by atoms with E-state index in [1.54, 1.807) is 23.6 Å². The van der Waals surface area contributed by atoms with E-state index in [0.29, 0.717) is 30.2 Å². The van der Waals surface area contributed by atoms with Crippen LogP contribution in [-0.2, 0) is 9.53 Å². The molecule has 0 saturated heterocycles. The summed E-state index contributed by atoms with van der Waals surface area (Å²) in [5, 5.41) is 0.979. The van der Waals surface area contributed by atoms with Crippen molar-refractivity contribution in [2.24, 2.45) is 0 Å². The first-order valence-electron chi connectivity index (χ1n) is 9.28. The molecule has 4 aromatic rings. The van der Waals surface area contributed by atoms with E-state index in [9.17, 15) is 9.59 Å². The van der Waals surface area contributed by atoms with Crippen LogP contribution in [0.1, 0.15) is 6.92 Å². The second-order valence-electron chi connectivity index (χ2n) is 6.30. The fourth-order valence-electron chi connectivity index (χ4n) is 2.98. The van der Waals surface area contributed by atoms with Crippen LogP contribution in [-0.4, -0.2) is 32.4 Å². The van der Waals surface area contributed by atoms with E-state index in [1.165, 1.54) is 15.9 Å². The molecule has 6 nitrogen and oxygen atoms in total. The van der Waals surface area contributed by atoms with E-state index < -0.39 is 0 Å². The summed E-state index contributed by atoms with van der Waals surface area (Å²) in [7, 11) is 0. The summed E-state index contributed by atoms with van der Waals surface area (Å²) >= 11 is 13.9. The summed E-state index contributed by atoms with van der Waals surface area (Å²) in [4.78, 5) is 30.2. The molecule has 2 aromatic carbocycles. The molecular weight excluding hydrogens is 474 g/mol. The Morgan fingerprint density at radius 2 is 1.81 bits per heavy atom. The van der Waals surface area contributed by atoms with E-state index in [-0.39, 0.29) is 23.9 Å². The van der Waals surface area contributed by atoms with Crippen molar-refractivity contribution in [2.45, 2.75) is 12.1 Å². The second-order valence-corrected chi connectivity index (χ2v) is 9.32. The number of nitrogens with zero attached hydrogens (tertiary/aromatic N) is 3. The number of aromatic nitrogens is 3. The molecule has 0 amide bonds. The minimum Gasteiger partial charge on any atom is -0.465 e. The zero-order valence-corrected chi connectivity index (χ0v) is 19.5. The highest BCUT2D eigenvalue weighted by molar-refractivity contribution is 7.99. The van der Waals surface area contributed by atoms with Gasteiger partial charge >= 0.3 is 5.97 Å². The summed E-state index contributed by atoms with van der Waals surface area (Å²) in [5.74, 6) is -0.342. The number of hydrogen-bond acceptors (Lipinski definition) is 7. The Morgan fingerprint density at radius 3 is 2.48 bits per heavy atom. The van der Waals surface area contributed by atoms with Crippen LogP contribution in [0.15, 0.2) is 64.5 Å². The molecule has 0 spiro atoms. The second kappa shape index (κ2) is 9.35. The van der Waals surface area contributed by atoms with E-state index in [0.717, 1.165) is 17.4 Å². The highest BCUT2D eigenvalue weighted by atomic mass is 35.5. The van der Waals surface area contributed by atoms with Crippen molar-refractivity contribution in [2.75, 3.05) is 12.4 Å². The molecule has 0 aliphatic heterocycles. The molecule has 0 atom stereocenters. The summed E-state index contributed by atoms with van der Waals surface area (Å²) in [5.41, 5.74) is 1.62. The third-order valence-corrected chi connectivity index (χ3v) is 6.82. The van der Waals surface area contributed by atoms with Gasteiger partial charge in [-0.2, -0.15) is 0 Å². The lowest BCUT2D eigenvalue weighted by atomic mass is 10.3. The largest absolute Gasteiger partial charge is 0.465 e. The van der Waals surface area contributed by atoms with Crippen molar-refractivity contribution in [1.82, 2.24) is 14.1 Å². The number of rotatable bonds is 6. The number of carbonyl (C=O) groups excluding carboxylic acids is 1. The van der Waals surface area contributed by atoms with Crippen LogP contribution in [0.3, 0.4) is 0 Å². The molecule has 2 aromatic heterocycles. The first-order valence-corrected chi connectivity index (χ1v) is 11.9. The van der Waals surface area contributed by atoms with Gasteiger partial charge in [-0.15, -0.1) is 0 Å². The summed E-state index contributed by atoms with van der Waals surface area (Å²) in [6, 6.07) is 16.3. The average Bonchev–Trinajstić information content (AvgIpc) is 3.10. The fourth-order valence-corrected chi connectivity index (χ4v) is 5.21. The van der Waals surface area contributed by atoms with Gasteiger partial charge in [0.25, 0.3) is 5.56 Å². The Labute approximate surface area is 196 Å². The topological polar surface area (TPSA) is 66.1 Å². The maximum atomic E-state index is 13.5. The van der Waals surface area contributed by atoms with Crippen LogP contribution in [0.2, 0.25) is 5.02 Å². The van der Waals surface area contributed by atoms with Gasteiger partial charge in [0.15, 0.2) is 14.8 Å². The molecule has 31 heavy (non-hydrogen) atoms. The summed E-state index contributed by atoms with van der Waals surface area (Å²) in [6.07, 6.45) is 0.